The van der Waals surface area contributed by atoms with Gasteiger partial charge < -0.3 is 29.2 Å². The topological polar surface area (TPSA) is 89.6 Å². The van der Waals surface area contributed by atoms with Gasteiger partial charge in [-0.25, -0.2) is 14.0 Å². The number of alkyl carbamates (subject to hydrolysis) is 1. The lowest BCUT2D eigenvalue weighted by atomic mass is 9.74. The Bertz CT molecular complexity index is 986. The first kappa shape index (κ1) is 27.1. The largest absolute Gasteiger partial charge is 0.447 e. The molecule has 0 aromatic heterocycles. The first-order valence-corrected chi connectivity index (χ1v) is 14.0. The number of carbonyl (C=O) groups excluding carboxylic acids is 2. The molecule has 1 aliphatic carbocycles. The number of benzene rings is 1. The van der Waals surface area contributed by atoms with Crippen molar-refractivity contribution in [3.63, 3.8) is 0 Å². The molecule has 3 atom stereocenters. The van der Waals surface area contributed by atoms with Crippen LogP contribution < -0.4 is 10.2 Å². The molecule has 2 unspecified atom stereocenters. The van der Waals surface area contributed by atoms with Crippen molar-refractivity contribution in [3.8, 4) is 0 Å². The minimum Gasteiger partial charge on any atom is -0.447 e. The van der Waals surface area contributed by atoms with Crippen LogP contribution in [0, 0.1) is 5.82 Å². The second kappa shape index (κ2) is 12.2. The highest BCUT2D eigenvalue weighted by atomic mass is 19.1. The Labute approximate surface area is 225 Å². The number of ether oxygens (including phenoxy) is 4. The van der Waals surface area contributed by atoms with Gasteiger partial charge in [-0.1, -0.05) is 12.8 Å². The molecule has 212 valence electrons. The fourth-order valence-electron chi connectivity index (χ4n) is 6.58. The van der Waals surface area contributed by atoms with E-state index >= 15 is 0 Å². The molecular weight excluding hydrogens is 493 g/mol. The zero-order valence-corrected chi connectivity index (χ0v) is 22.3. The molecule has 3 heterocycles. The molecule has 3 aliphatic heterocycles. The number of fused-ring (bicyclic) bond motifs is 2. The summed E-state index contributed by atoms with van der Waals surface area (Å²) in [4.78, 5) is 29.6. The minimum atomic E-state index is -0.383. The van der Waals surface area contributed by atoms with Crippen LogP contribution in [0.25, 0.3) is 0 Å². The lowest BCUT2D eigenvalue weighted by Crippen LogP contribution is -2.50. The standard InChI is InChI=1S/C28H40FN3O6.H2/c1-35-14-15-37-26(33)30-21-4-2-3-5-22(17-21)31-11-9-28(10-12-31)19-32(25-7-6-20(29)16-24(25)28)27(34)38-23-8-13-36-18-23;/h6-7,16,21-23H,2-5,8-15,17-19H2,1H3,(H,30,33);1H/t21?,22?,23-;/m1./s1. The van der Waals surface area contributed by atoms with Gasteiger partial charge in [-0.3, -0.25) is 4.90 Å². The summed E-state index contributed by atoms with van der Waals surface area (Å²) in [7, 11) is 1.58. The van der Waals surface area contributed by atoms with Gasteiger partial charge in [0.25, 0.3) is 0 Å². The van der Waals surface area contributed by atoms with Gasteiger partial charge in [0.15, 0.2) is 0 Å². The average molecular weight is 536 g/mol. The summed E-state index contributed by atoms with van der Waals surface area (Å²) in [6.45, 7) is 3.90. The van der Waals surface area contributed by atoms with Gasteiger partial charge in [0.05, 0.1) is 25.5 Å². The third-order valence-electron chi connectivity index (χ3n) is 8.67. The molecular formula is C28H42FN3O6. The number of hydrogen-bond acceptors (Lipinski definition) is 7. The second-order valence-corrected chi connectivity index (χ2v) is 11.1. The maximum Gasteiger partial charge on any atom is 0.414 e. The van der Waals surface area contributed by atoms with E-state index in [2.05, 4.69) is 10.2 Å². The van der Waals surface area contributed by atoms with Gasteiger partial charge >= 0.3 is 12.2 Å². The maximum absolute atomic E-state index is 14.4. The predicted molar refractivity (Wildman–Crippen MR) is 141 cm³/mol. The molecule has 9 nitrogen and oxygen atoms in total. The number of methoxy groups -OCH3 is 1. The molecule has 38 heavy (non-hydrogen) atoms. The third-order valence-corrected chi connectivity index (χ3v) is 8.67. The van der Waals surface area contributed by atoms with Gasteiger partial charge in [-0.05, 0) is 69.0 Å². The molecule has 4 aliphatic rings. The summed E-state index contributed by atoms with van der Waals surface area (Å²) in [6, 6.07) is 5.20. The number of anilines is 1. The minimum absolute atomic E-state index is 0. The number of likely N-dealkylation sites (tertiary alicyclic amines) is 1. The van der Waals surface area contributed by atoms with Crippen molar-refractivity contribution in [1.29, 1.82) is 0 Å². The summed E-state index contributed by atoms with van der Waals surface area (Å²) in [6.07, 6.45) is 6.54. The summed E-state index contributed by atoms with van der Waals surface area (Å²) >= 11 is 0. The number of hydrogen-bond donors (Lipinski definition) is 1. The van der Waals surface area contributed by atoms with E-state index in [9.17, 15) is 14.0 Å². The molecule has 1 aromatic rings. The lowest BCUT2D eigenvalue weighted by molar-refractivity contribution is 0.0831. The quantitative estimate of drug-likeness (QED) is 0.431. The van der Waals surface area contributed by atoms with E-state index < -0.39 is 0 Å². The first-order chi connectivity index (χ1) is 18.5. The van der Waals surface area contributed by atoms with Gasteiger partial charge in [0.1, 0.15) is 18.5 Å². The van der Waals surface area contributed by atoms with E-state index in [0.29, 0.717) is 38.8 Å². The smallest absolute Gasteiger partial charge is 0.414 e. The normalized spacial score (nSPS) is 27.1. The van der Waals surface area contributed by atoms with Crippen LogP contribution in [0.5, 0.6) is 0 Å². The Morgan fingerprint density at radius 2 is 2.00 bits per heavy atom. The van der Waals surface area contributed by atoms with Gasteiger partial charge in [0, 0.05) is 39.0 Å². The molecule has 1 spiro atoms. The third kappa shape index (κ3) is 6.07. The van der Waals surface area contributed by atoms with E-state index in [1.54, 1.807) is 24.1 Å². The van der Waals surface area contributed by atoms with Crippen molar-refractivity contribution in [1.82, 2.24) is 10.2 Å². The number of carbonyl (C=O) groups is 2. The molecule has 1 N–H and O–H groups in total. The second-order valence-electron chi connectivity index (χ2n) is 11.1. The summed E-state index contributed by atoms with van der Waals surface area (Å²) in [5.41, 5.74) is 1.39. The van der Waals surface area contributed by atoms with E-state index in [1.807, 2.05) is 0 Å². The monoisotopic (exact) mass is 535 g/mol. The average Bonchev–Trinajstić information content (AvgIpc) is 3.45. The number of nitrogens with one attached hydrogen (secondary N) is 1. The fraction of sp³-hybridized carbons (Fsp3) is 0.714. The van der Waals surface area contributed by atoms with E-state index in [1.165, 1.54) is 6.07 Å². The maximum atomic E-state index is 14.4. The zero-order valence-electron chi connectivity index (χ0n) is 22.3. The van der Waals surface area contributed by atoms with Crippen molar-refractivity contribution < 1.29 is 34.4 Å². The Hall–Kier alpha value is -2.43. The SMILES string of the molecule is COCCOC(=O)NC1CCCCC(N2CCC3(CC2)CN(C(=O)O[C@@H]2CCOC2)c2ccc(F)cc23)C1.[HH]. The summed E-state index contributed by atoms with van der Waals surface area (Å²) < 4.78 is 35.7. The Morgan fingerprint density at radius 3 is 2.76 bits per heavy atom. The highest BCUT2D eigenvalue weighted by Crippen LogP contribution is 2.48. The number of nitrogens with zero attached hydrogens (tertiary/aromatic N) is 2. The Kier molecular flexibility index (Phi) is 8.70. The molecule has 0 radical (unpaired) electrons. The molecule has 1 aromatic carbocycles. The molecule has 0 bridgehead atoms. The highest BCUT2D eigenvalue weighted by Gasteiger charge is 2.48. The molecule has 2 saturated heterocycles. The van der Waals surface area contributed by atoms with Crippen molar-refractivity contribution >= 4 is 17.9 Å². The number of piperidine rings is 1. The van der Waals surface area contributed by atoms with Crippen LogP contribution in [-0.4, -0.2) is 88.4 Å². The lowest BCUT2D eigenvalue weighted by Gasteiger charge is -2.43. The van der Waals surface area contributed by atoms with Crippen molar-refractivity contribution in [2.24, 2.45) is 0 Å². The van der Waals surface area contributed by atoms with Crippen LogP contribution in [0.3, 0.4) is 0 Å². The zero-order chi connectivity index (χ0) is 26.5. The Morgan fingerprint density at radius 1 is 1.18 bits per heavy atom. The number of rotatable bonds is 6. The summed E-state index contributed by atoms with van der Waals surface area (Å²) in [5.74, 6) is -0.278. The van der Waals surface area contributed by atoms with Gasteiger partial charge in [0.2, 0.25) is 0 Å². The van der Waals surface area contributed by atoms with E-state index in [0.717, 1.165) is 69.3 Å². The van der Waals surface area contributed by atoms with Crippen LogP contribution in [0.2, 0.25) is 0 Å². The van der Waals surface area contributed by atoms with Crippen molar-refractivity contribution in [2.45, 2.75) is 75.0 Å². The fourth-order valence-corrected chi connectivity index (χ4v) is 6.58. The van der Waals surface area contributed by atoms with Crippen LogP contribution in [0.15, 0.2) is 18.2 Å². The number of halogens is 1. The van der Waals surface area contributed by atoms with Crippen LogP contribution >= 0.6 is 0 Å². The Balaban J connectivity index is 0.00000353. The molecule has 2 amide bonds. The molecule has 5 rings (SSSR count). The van der Waals surface area contributed by atoms with Crippen LogP contribution in [0.4, 0.5) is 19.7 Å². The highest BCUT2D eigenvalue weighted by molar-refractivity contribution is 5.91. The van der Waals surface area contributed by atoms with Crippen LogP contribution in [-0.2, 0) is 24.4 Å². The first-order valence-electron chi connectivity index (χ1n) is 14.0. The van der Waals surface area contributed by atoms with Gasteiger partial charge in [-0.15, -0.1) is 0 Å². The van der Waals surface area contributed by atoms with E-state index in [-0.39, 0.29) is 43.6 Å². The van der Waals surface area contributed by atoms with Crippen molar-refractivity contribution in [3.05, 3.63) is 29.6 Å². The predicted octanol–water partition coefficient (Wildman–Crippen LogP) is 4.22. The molecule has 10 heteroatoms. The number of amides is 2. The van der Waals surface area contributed by atoms with Crippen LogP contribution in [0.1, 0.15) is 58.4 Å². The van der Waals surface area contributed by atoms with Gasteiger partial charge in [-0.2, -0.15) is 0 Å². The molecule has 3 fully saturated rings. The molecule has 1 saturated carbocycles. The van der Waals surface area contributed by atoms with Crippen molar-refractivity contribution in [2.75, 3.05) is 58.1 Å². The van der Waals surface area contributed by atoms with E-state index in [4.69, 9.17) is 18.9 Å². The summed E-state index contributed by atoms with van der Waals surface area (Å²) in [5, 5.41) is 3.05.